The molecule has 0 atom stereocenters. The molecule has 1 aliphatic heterocycles. The highest BCUT2D eigenvalue weighted by molar-refractivity contribution is 8.26. The van der Waals surface area contributed by atoms with Gasteiger partial charge in [0.05, 0.1) is 10.5 Å². The molecule has 1 aliphatic rings. The minimum Gasteiger partial charge on any atom is -0.478 e. The van der Waals surface area contributed by atoms with E-state index in [1.807, 2.05) is 6.92 Å². The van der Waals surface area contributed by atoms with E-state index in [2.05, 4.69) is 0 Å². The average molecular weight is 293 g/mol. The predicted octanol–water partition coefficient (Wildman–Crippen LogP) is 2.61. The van der Waals surface area contributed by atoms with Gasteiger partial charge in [-0.15, -0.1) is 0 Å². The van der Waals surface area contributed by atoms with Crippen molar-refractivity contribution in [1.82, 2.24) is 4.90 Å². The zero-order valence-corrected chi connectivity index (χ0v) is 11.8. The van der Waals surface area contributed by atoms with Crippen LogP contribution >= 0.6 is 24.0 Å². The molecular formula is C13H11NO3S2. The second-order valence-electron chi connectivity index (χ2n) is 3.85. The van der Waals surface area contributed by atoms with Crippen LogP contribution in [0.4, 0.5) is 0 Å². The highest BCUT2D eigenvalue weighted by Gasteiger charge is 2.30. The number of benzene rings is 1. The van der Waals surface area contributed by atoms with Crippen molar-refractivity contribution in [3.63, 3.8) is 0 Å². The van der Waals surface area contributed by atoms with Crippen LogP contribution in [0.1, 0.15) is 22.8 Å². The van der Waals surface area contributed by atoms with Gasteiger partial charge in [-0.25, -0.2) is 4.79 Å². The highest BCUT2D eigenvalue weighted by Crippen LogP contribution is 2.32. The average Bonchev–Trinajstić information content (AvgIpc) is 2.64. The van der Waals surface area contributed by atoms with Crippen LogP contribution < -0.4 is 0 Å². The van der Waals surface area contributed by atoms with E-state index in [0.717, 1.165) is 5.56 Å². The molecule has 1 N–H and O–H groups in total. The number of carboxylic acids is 1. The minimum atomic E-state index is -0.969. The summed E-state index contributed by atoms with van der Waals surface area (Å²) in [5.41, 5.74) is 1.000. The van der Waals surface area contributed by atoms with Crippen LogP contribution in [0.5, 0.6) is 0 Å². The molecule has 0 bridgehead atoms. The van der Waals surface area contributed by atoms with Crippen molar-refractivity contribution in [2.24, 2.45) is 0 Å². The molecule has 0 saturated carbocycles. The number of carbonyl (C=O) groups excluding carboxylic acids is 1. The maximum Gasteiger partial charge on any atom is 0.335 e. The summed E-state index contributed by atoms with van der Waals surface area (Å²) in [5, 5.41) is 8.81. The quantitative estimate of drug-likeness (QED) is 0.686. The fourth-order valence-electron chi connectivity index (χ4n) is 1.65. The topological polar surface area (TPSA) is 57.6 Å². The van der Waals surface area contributed by atoms with Crippen LogP contribution in [0.2, 0.25) is 0 Å². The first-order valence-corrected chi connectivity index (χ1v) is 6.84. The Morgan fingerprint density at radius 1 is 1.42 bits per heavy atom. The van der Waals surface area contributed by atoms with Gasteiger partial charge in [-0.2, -0.15) is 0 Å². The maximum atomic E-state index is 12.0. The fraction of sp³-hybridized carbons (Fsp3) is 0.154. The monoisotopic (exact) mass is 293 g/mol. The molecule has 6 heteroatoms. The summed E-state index contributed by atoms with van der Waals surface area (Å²) in [7, 11) is 0. The van der Waals surface area contributed by atoms with Crippen molar-refractivity contribution in [1.29, 1.82) is 0 Å². The molecule has 1 amide bonds. The van der Waals surface area contributed by atoms with Crippen LogP contribution in [0, 0.1) is 0 Å². The zero-order chi connectivity index (χ0) is 14.0. The zero-order valence-electron chi connectivity index (χ0n) is 10.1. The van der Waals surface area contributed by atoms with Crippen molar-refractivity contribution in [3.8, 4) is 0 Å². The van der Waals surface area contributed by atoms with Crippen molar-refractivity contribution >= 4 is 46.3 Å². The molecule has 2 rings (SSSR count). The lowest BCUT2D eigenvalue weighted by atomic mass is 10.1. The first-order valence-electron chi connectivity index (χ1n) is 5.61. The molecule has 19 heavy (non-hydrogen) atoms. The van der Waals surface area contributed by atoms with E-state index >= 15 is 0 Å². The van der Waals surface area contributed by atoms with E-state index < -0.39 is 5.97 Å². The smallest absolute Gasteiger partial charge is 0.335 e. The van der Waals surface area contributed by atoms with Crippen molar-refractivity contribution < 1.29 is 14.7 Å². The largest absolute Gasteiger partial charge is 0.478 e. The lowest BCUT2D eigenvalue weighted by Gasteiger charge is -2.09. The first kappa shape index (κ1) is 13.8. The Bertz CT molecular complexity index is 578. The Hall–Kier alpha value is -1.66. The summed E-state index contributed by atoms with van der Waals surface area (Å²) in [6.45, 7) is 2.43. The van der Waals surface area contributed by atoms with Gasteiger partial charge >= 0.3 is 5.97 Å². The van der Waals surface area contributed by atoms with Gasteiger partial charge in [-0.1, -0.05) is 36.1 Å². The summed E-state index contributed by atoms with van der Waals surface area (Å²) < 4.78 is 0.556. The number of thiocarbonyl (C=S) groups is 1. The highest BCUT2D eigenvalue weighted by atomic mass is 32.2. The molecule has 0 aromatic heterocycles. The lowest BCUT2D eigenvalue weighted by molar-refractivity contribution is -0.121. The summed E-state index contributed by atoms with van der Waals surface area (Å²) >= 11 is 6.38. The summed E-state index contributed by atoms with van der Waals surface area (Å²) in [4.78, 5) is 24.8. The molecule has 0 aliphatic carbocycles. The summed E-state index contributed by atoms with van der Waals surface area (Å²) in [6, 6.07) is 6.35. The number of amides is 1. The Labute approximate surface area is 120 Å². The number of likely N-dealkylation sites (N-methyl/N-ethyl adjacent to an activating group) is 1. The number of rotatable bonds is 3. The third-order valence-corrected chi connectivity index (χ3v) is 4.02. The van der Waals surface area contributed by atoms with Crippen molar-refractivity contribution in [2.75, 3.05) is 6.54 Å². The van der Waals surface area contributed by atoms with Crippen LogP contribution in [0.15, 0.2) is 29.2 Å². The number of carboxylic acid groups (broad SMARTS) is 1. The molecule has 1 saturated heterocycles. The number of hydrogen-bond acceptors (Lipinski definition) is 4. The SMILES string of the molecule is CCN1C(=O)C(=Cc2ccc(C(=O)O)cc2)SC1=S. The fourth-order valence-corrected chi connectivity index (χ4v) is 3.03. The second kappa shape index (κ2) is 5.54. The van der Waals surface area contributed by atoms with Crippen LogP contribution in [-0.4, -0.2) is 32.7 Å². The van der Waals surface area contributed by atoms with Gasteiger partial charge < -0.3 is 5.11 Å². The standard InChI is InChI=1S/C13H11NO3S2/c1-2-14-11(15)10(19-13(14)18)7-8-3-5-9(6-4-8)12(16)17/h3-7H,2H2,1H3,(H,16,17). The van der Waals surface area contributed by atoms with Gasteiger partial charge in [-0.3, -0.25) is 9.69 Å². The molecule has 0 radical (unpaired) electrons. The number of hydrogen-bond donors (Lipinski definition) is 1. The van der Waals surface area contributed by atoms with Crippen LogP contribution in [-0.2, 0) is 4.79 Å². The number of aromatic carboxylic acids is 1. The van der Waals surface area contributed by atoms with Crippen LogP contribution in [0.3, 0.4) is 0 Å². The van der Waals surface area contributed by atoms with E-state index in [1.54, 1.807) is 18.2 Å². The van der Waals surface area contributed by atoms with E-state index in [1.165, 1.54) is 28.8 Å². The third-order valence-electron chi connectivity index (χ3n) is 2.65. The van der Waals surface area contributed by atoms with Gasteiger partial charge in [0.1, 0.15) is 4.32 Å². The van der Waals surface area contributed by atoms with E-state index in [-0.39, 0.29) is 11.5 Å². The second-order valence-corrected chi connectivity index (χ2v) is 5.53. The molecular weight excluding hydrogens is 282 g/mol. The summed E-state index contributed by atoms with van der Waals surface area (Å²) in [6.07, 6.45) is 1.72. The molecule has 4 nitrogen and oxygen atoms in total. The third kappa shape index (κ3) is 2.85. The first-order chi connectivity index (χ1) is 9.02. The Kier molecular flexibility index (Phi) is 4.01. The molecule has 1 heterocycles. The van der Waals surface area contributed by atoms with Crippen molar-refractivity contribution in [2.45, 2.75) is 6.92 Å². The minimum absolute atomic E-state index is 0.0974. The van der Waals surface area contributed by atoms with E-state index in [4.69, 9.17) is 17.3 Å². The summed E-state index contributed by atoms with van der Waals surface area (Å²) in [5.74, 6) is -1.07. The van der Waals surface area contributed by atoms with Gasteiger partial charge in [0.15, 0.2) is 0 Å². The van der Waals surface area contributed by atoms with Gasteiger partial charge in [-0.05, 0) is 30.7 Å². The van der Waals surface area contributed by atoms with E-state index in [0.29, 0.717) is 15.8 Å². The van der Waals surface area contributed by atoms with Gasteiger partial charge in [0.25, 0.3) is 5.91 Å². The predicted molar refractivity (Wildman–Crippen MR) is 79.0 cm³/mol. The van der Waals surface area contributed by atoms with Gasteiger partial charge in [0.2, 0.25) is 0 Å². The Morgan fingerprint density at radius 2 is 2.05 bits per heavy atom. The number of nitrogens with zero attached hydrogens (tertiary/aromatic N) is 1. The number of carbonyl (C=O) groups is 2. The maximum absolute atomic E-state index is 12.0. The van der Waals surface area contributed by atoms with E-state index in [9.17, 15) is 9.59 Å². The molecule has 0 spiro atoms. The molecule has 98 valence electrons. The van der Waals surface area contributed by atoms with Gasteiger partial charge in [0, 0.05) is 6.54 Å². The normalized spacial score (nSPS) is 17.3. The van der Waals surface area contributed by atoms with Crippen LogP contribution in [0.25, 0.3) is 6.08 Å². The van der Waals surface area contributed by atoms with Crippen molar-refractivity contribution in [3.05, 3.63) is 40.3 Å². The molecule has 0 unspecified atom stereocenters. The molecule has 1 fully saturated rings. The number of thioether (sulfide) groups is 1. The molecule has 1 aromatic rings. The molecule has 1 aromatic carbocycles. The lowest BCUT2D eigenvalue weighted by Crippen LogP contribution is -2.27. The Morgan fingerprint density at radius 3 is 2.53 bits per heavy atom. The Balaban J connectivity index is 2.25.